The summed E-state index contributed by atoms with van der Waals surface area (Å²) in [6, 6.07) is 72.8. The molecule has 10 aromatic carbocycles. The summed E-state index contributed by atoms with van der Waals surface area (Å²) in [4.78, 5) is 15.7. The minimum atomic E-state index is 0.551. The van der Waals surface area contributed by atoms with Crippen LogP contribution < -0.4 is 0 Å². The number of para-hydroxylation sites is 2. The molecule has 0 aliphatic heterocycles. The molecule has 0 saturated carbocycles. The molecule has 62 heavy (non-hydrogen) atoms. The van der Waals surface area contributed by atoms with E-state index in [0.29, 0.717) is 17.5 Å². The predicted octanol–water partition coefficient (Wildman–Crippen LogP) is 15.0. The second-order valence-electron chi connectivity index (χ2n) is 16.0. The smallest absolute Gasteiger partial charge is 0.167 e. The summed E-state index contributed by atoms with van der Waals surface area (Å²) >= 11 is 0. The quantitative estimate of drug-likeness (QED) is 0.174. The highest BCUT2D eigenvalue weighted by molar-refractivity contribution is 6.21. The van der Waals surface area contributed by atoms with Gasteiger partial charge in [0.1, 0.15) is 11.2 Å². The largest absolute Gasteiger partial charge is 0.455 e. The van der Waals surface area contributed by atoms with E-state index in [1.807, 2.05) is 6.07 Å². The standard InChI is InChI=1S/C57H34N4O/c1-2-13-35(14-3-1)38-19-10-20-41(31-38)55-58-56(45-23-11-18-36-15-6-7-21-43(36)45)60-57(59-55)47-25-12-24-46-53-48-34-42(29-27-37(48)28-30-52(53)62-54(46)47)61-50-26-9-8-22-44(50)49-32-39-16-4-5-17-40(39)33-51(49)61/h1-34H. The van der Waals surface area contributed by atoms with Gasteiger partial charge in [0.15, 0.2) is 17.5 Å². The number of benzene rings is 10. The number of hydrogen-bond donors (Lipinski definition) is 0. The van der Waals surface area contributed by atoms with Gasteiger partial charge in [-0.1, -0.05) is 158 Å². The van der Waals surface area contributed by atoms with Gasteiger partial charge in [-0.25, -0.2) is 15.0 Å². The lowest BCUT2D eigenvalue weighted by molar-refractivity contribution is 0.670. The summed E-state index contributed by atoms with van der Waals surface area (Å²) in [6.45, 7) is 0. The third-order valence-corrected chi connectivity index (χ3v) is 12.4. The Morgan fingerprint density at radius 2 is 0.952 bits per heavy atom. The van der Waals surface area contributed by atoms with Gasteiger partial charge in [0.2, 0.25) is 0 Å². The third-order valence-electron chi connectivity index (χ3n) is 12.4. The van der Waals surface area contributed by atoms with E-state index in [1.165, 1.54) is 32.6 Å². The van der Waals surface area contributed by atoms with E-state index in [-0.39, 0.29) is 0 Å². The lowest BCUT2D eigenvalue weighted by atomic mass is 10.0. The van der Waals surface area contributed by atoms with Crippen LogP contribution in [0.1, 0.15) is 0 Å². The van der Waals surface area contributed by atoms with E-state index >= 15 is 0 Å². The van der Waals surface area contributed by atoms with Crippen LogP contribution in [0.2, 0.25) is 0 Å². The molecule has 288 valence electrons. The van der Waals surface area contributed by atoms with Crippen molar-refractivity contribution in [2.75, 3.05) is 0 Å². The number of aromatic nitrogens is 4. The van der Waals surface area contributed by atoms with Crippen LogP contribution in [0.5, 0.6) is 0 Å². The van der Waals surface area contributed by atoms with Crippen LogP contribution in [-0.2, 0) is 0 Å². The zero-order valence-corrected chi connectivity index (χ0v) is 33.3. The van der Waals surface area contributed by atoms with Gasteiger partial charge in [-0.05, 0) is 92.0 Å². The molecule has 13 rings (SSSR count). The molecule has 5 nitrogen and oxygen atoms in total. The van der Waals surface area contributed by atoms with Gasteiger partial charge < -0.3 is 8.98 Å². The van der Waals surface area contributed by atoms with Gasteiger partial charge in [-0.2, -0.15) is 0 Å². The van der Waals surface area contributed by atoms with Gasteiger partial charge in [0, 0.05) is 38.4 Å². The minimum Gasteiger partial charge on any atom is -0.455 e. The van der Waals surface area contributed by atoms with Crippen LogP contribution in [0, 0.1) is 0 Å². The number of furan rings is 1. The molecular formula is C57H34N4O. The number of rotatable bonds is 5. The van der Waals surface area contributed by atoms with Crippen LogP contribution in [-0.4, -0.2) is 19.5 Å². The summed E-state index contributed by atoms with van der Waals surface area (Å²) in [7, 11) is 0. The average Bonchev–Trinajstić information content (AvgIpc) is 3.89. The van der Waals surface area contributed by atoms with E-state index in [4.69, 9.17) is 19.4 Å². The van der Waals surface area contributed by atoms with Crippen LogP contribution in [0.15, 0.2) is 211 Å². The maximum absolute atomic E-state index is 6.90. The average molecular weight is 791 g/mol. The van der Waals surface area contributed by atoms with Crippen molar-refractivity contribution >= 4 is 76.1 Å². The first kappa shape index (κ1) is 34.5. The molecule has 0 fully saturated rings. The fraction of sp³-hybridized carbons (Fsp3) is 0. The third kappa shape index (κ3) is 5.38. The Labute approximate surface area is 355 Å². The second kappa shape index (κ2) is 13.6. The van der Waals surface area contributed by atoms with Crippen molar-refractivity contribution in [3.05, 3.63) is 206 Å². The Kier molecular flexibility index (Phi) is 7.54. The minimum absolute atomic E-state index is 0.551. The summed E-state index contributed by atoms with van der Waals surface area (Å²) < 4.78 is 9.30. The lowest BCUT2D eigenvalue weighted by Crippen LogP contribution is -2.01. The van der Waals surface area contributed by atoms with Crippen LogP contribution >= 0.6 is 0 Å². The number of fused-ring (bicyclic) bond motifs is 10. The SMILES string of the molecule is c1ccc(-c2cccc(-c3nc(-c4cccc5ccccc45)nc(-c4cccc5c4oc4ccc6ccc(-n7c8ccccc8c8cc9ccccc9cc87)cc6c45)n3)c2)cc1. The maximum atomic E-state index is 6.90. The first-order valence-corrected chi connectivity index (χ1v) is 20.9. The molecule has 0 saturated heterocycles. The van der Waals surface area contributed by atoms with Crippen LogP contribution in [0.4, 0.5) is 0 Å². The highest BCUT2D eigenvalue weighted by Gasteiger charge is 2.21. The molecule has 0 bridgehead atoms. The fourth-order valence-electron chi connectivity index (χ4n) is 9.49. The van der Waals surface area contributed by atoms with Crippen molar-refractivity contribution in [2.24, 2.45) is 0 Å². The molecule has 0 amide bonds. The van der Waals surface area contributed by atoms with Crippen molar-refractivity contribution in [3.63, 3.8) is 0 Å². The highest BCUT2D eigenvalue weighted by atomic mass is 16.3. The van der Waals surface area contributed by atoms with Crippen molar-refractivity contribution in [3.8, 4) is 51.0 Å². The van der Waals surface area contributed by atoms with Crippen molar-refractivity contribution in [1.29, 1.82) is 0 Å². The molecule has 0 aliphatic rings. The van der Waals surface area contributed by atoms with E-state index in [9.17, 15) is 0 Å². The summed E-state index contributed by atoms with van der Waals surface area (Å²) in [6.07, 6.45) is 0. The molecule has 0 spiro atoms. The molecule has 13 aromatic rings. The topological polar surface area (TPSA) is 56.7 Å². The summed E-state index contributed by atoms with van der Waals surface area (Å²) in [5.74, 6) is 1.75. The second-order valence-corrected chi connectivity index (χ2v) is 16.0. The van der Waals surface area contributed by atoms with E-state index in [1.54, 1.807) is 0 Å². The zero-order valence-electron chi connectivity index (χ0n) is 33.3. The normalized spacial score (nSPS) is 11.9. The first-order chi connectivity index (χ1) is 30.7. The van der Waals surface area contributed by atoms with E-state index < -0.39 is 0 Å². The Morgan fingerprint density at radius 1 is 0.339 bits per heavy atom. The Morgan fingerprint density at radius 3 is 1.84 bits per heavy atom. The molecule has 5 heteroatoms. The Hall–Kier alpha value is -8.41. The molecule has 0 N–H and O–H groups in total. The molecule has 0 atom stereocenters. The molecule has 3 aromatic heterocycles. The Balaban J connectivity index is 1.03. The van der Waals surface area contributed by atoms with Crippen LogP contribution in [0.3, 0.4) is 0 Å². The molecular weight excluding hydrogens is 757 g/mol. The predicted molar refractivity (Wildman–Crippen MR) is 256 cm³/mol. The zero-order chi connectivity index (χ0) is 40.7. The molecule has 0 aliphatic carbocycles. The van der Waals surface area contributed by atoms with Gasteiger partial charge in [-0.15, -0.1) is 0 Å². The highest BCUT2D eigenvalue weighted by Crippen LogP contribution is 2.42. The maximum Gasteiger partial charge on any atom is 0.167 e. The fourth-order valence-corrected chi connectivity index (χ4v) is 9.49. The van der Waals surface area contributed by atoms with Crippen molar-refractivity contribution in [1.82, 2.24) is 19.5 Å². The number of nitrogens with zero attached hydrogens (tertiary/aromatic N) is 4. The van der Waals surface area contributed by atoms with Crippen molar-refractivity contribution < 1.29 is 4.42 Å². The van der Waals surface area contributed by atoms with Crippen LogP contribution in [0.25, 0.3) is 127 Å². The Bertz CT molecular complexity index is 3930. The van der Waals surface area contributed by atoms with Crippen molar-refractivity contribution in [2.45, 2.75) is 0 Å². The van der Waals surface area contributed by atoms with Gasteiger partial charge in [0.05, 0.1) is 16.6 Å². The monoisotopic (exact) mass is 790 g/mol. The lowest BCUT2D eigenvalue weighted by Gasteiger charge is -2.11. The number of hydrogen-bond acceptors (Lipinski definition) is 4. The molecule has 3 heterocycles. The van der Waals surface area contributed by atoms with E-state index in [2.05, 4.69) is 205 Å². The summed E-state index contributed by atoms with van der Waals surface area (Å²) in [5.41, 5.74) is 9.88. The van der Waals surface area contributed by atoms with E-state index in [0.717, 1.165) is 77.0 Å². The van der Waals surface area contributed by atoms with Gasteiger partial charge in [0.25, 0.3) is 0 Å². The molecule has 0 unspecified atom stereocenters. The van der Waals surface area contributed by atoms with Gasteiger partial charge in [-0.3, -0.25) is 0 Å². The van der Waals surface area contributed by atoms with Gasteiger partial charge >= 0.3 is 0 Å². The summed E-state index contributed by atoms with van der Waals surface area (Å²) in [5, 5.41) is 11.5. The molecule has 0 radical (unpaired) electrons. The first-order valence-electron chi connectivity index (χ1n) is 20.9.